The molecule has 0 bridgehead atoms. The van der Waals surface area contributed by atoms with Crippen LogP contribution in [0.4, 0.5) is 17.6 Å². The van der Waals surface area contributed by atoms with Gasteiger partial charge in [0.2, 0.25) is 5.95 Å². The summed E-state index contributed by atoms with van der Waals surface area (Å²) in [6.45, 7) is 4.71. The van der Waals surface area contributed by atoms with Crippen molar-refractivity contribution in [2.45, 2.75) is 26.3 Å². The van der Waals surface area contributed by atoms with E-state index in [1.807, 2.05) is 24.3 Å². The highest BCUT2D eigenvalue weighted by Crippen LogP contribution is 2.24. The molecule has 0 aromatic carbocycles. The molecule has 0 saturated heterocycles. The van der Waals surface area contributed by atoms with Crippen LogP contribution in [0.15, 0.2) is 36.7 Å². The molecule has 3 N–H and O–H groups in total. The van der Waals surface area contributed by atoms with Crippen molar-refractivity contribution in [3.8, 4) is 0 Å². The zero-order valence-electron chi connectivity index (χ0n) is 13.4. The van der Waals surface area contributed by atoms with Gasteiger partial charge in [-0.25, -0.2) is 4.98 Å². The molecule has 0 fully saturated rings. The summed E-state index contributed by atoms with van der Waals surface area (Å²) in [5, 5.41) is 13.8. The molecule has 0 spiro atoms. The number of anilines is 3. The SMILES string of the molecule is CC(C)c1cc(Nc2nc(NCc3ccccn3)ncc2Cl)n[nH]1. The highest BCUT2D eigenvalue weighted by Gasteiger charge is 2.09. The van der Waals surface area contributed by atoms with E-state index in [1.165, 1.54) is 0 Å². The fourth-order valence-electron chi connectivity index (χ4n) is 2.03. The minimum absolute atomic E-state index is 0.365. The molecule has 0 aliphatic carbocycles. The van der Waals surface area contributed by atoms with Gasteiger partial charge in [-0.3, -0.25) is 10.1 Å². The van der Waals surface area contributed by atoms with E-state index in [-0.39, 0.29) is 0 Å². The Bertz CT molecular complexity index is 801. The third-order valence-electron chi connectivity index (χ3n) is 3.36. The number of aromatic nitrogens is 5. The van der Waals surface area contributed by atoms with Gasteiger partial charge in [0.05, 0.1) is 18.4 Å². The molecular weight excluding hydrogens is 326 g/mol. The summed E-state index contributed by atoms with van der Waals surface area (Å²) in [6, 6.07) is 7.67. The minimum Gasteiger partial charge on any atom is -0.349 e. The van der Waals surface area contributed by atoms with Gasteiger partial charge in [-0.05, 0) is 18.1 Å². The highest BCUT2D eigenvalue weighted by molar-refractivity contribution is 6.32. The molecule has 0 atom stereocenters. The van der Waals surface area contributed by atoms with Gasteiger partial charge in [-0.1, -0.05) is 31.5 Å². The van der Waals surface area contributed by atoms with Crippen molar-refractivity contribution < 1.29 is 0 Å². The molecule has 124 valence electrons. The average Bonchev–Trinajstić information content (AvgIpc) is 3.05. The van der Waals surface area contributed by atoms with Gasteiger partial charge in [-0.15, -0.1) is 0 Å². The Kier molecular flexibility index (Phi) is 4.90. The Morgan fingerprint density at radius 2 is 2.12 bits per heavy atom. The first kappa shape index (κ1) is 16.2. The molecule has 0 radical (unpaired) electrons. The van der Waals surface area contributed by atoms with Crippen molar-refractivity contribution in [3.63, 3.8) is 0 Å². The van der Waals surface area contributed by atoms with E-state index in [0.717, 1.165) is 11.4 Å². The smallest absolute Gasteiger partial charge is 0.225 e. The van der Waals surface area contributed by atoms with Crippen molar-refractivity contribution in [3.05, 3.63) is 53.1 Å². The number of halogens is 1. The second kappa shape index (κ2) is 7.27. The quantitative estimate of drug-likeness (QED) is 0.631. The van der Waals surface area contributed by atoms with Crippen LogP contribution in [0, 0.1) is 0 Å². The van der Waals surface area contributed by atoms with E-state index in [2.05, 4.69) is 49.6 Å². The van der Waals surface area contributed by atoms with E-state index < -0.39 is 0 Å². The Labute approximate surface area is 144 Å². The van der Waals surface area contributed by atoms with Gasteiger partial charge in [0.15, 0.2) is 11.6 Å². The van der Waals surface area contributed by atoms with Crippen LogP contribution < -0.4 is 10.6 Å². The fourth-order valence-corrected chi connectivity index (χ4v) is 2.17. The van der Waals surface area contributed by atoms with Crippen molar-refractivity contribution in [1.82, 2.24) is 25.1 Å². The fraction of sp³-hybridized carbons (Fsp3) is 0.250. The number of nitrogens with zero attached hydrogens (tertiary/aromatic N) is 4. The number of hydrogen-bond donors (Lipinski definition) is 3. The maximum absolute atomic E-state index is 6.17. The summed E-state index contributed by atoms with van der Waals surface area (Å²) in [4.78, 5) is 12.8. The molecule has 8 heteroatoms. The van der Waals surface area contributed by atoms with E-state index in [9.17, 15) is 0 Å². The summed E-state index contributed by atoms with van der Waals surface area (Å²) < 4.78 is 0. The molecule has 3 aromatic heterocycles. The molecule has 0 unspecified atom stereocenters. The molecule has 7 nitrogen and oxygen atoms in total. The lowest BCUT2D eigenvalue weighted by atomic mass is 10.1. The molecule has 0 saturated carbocycles. The van der Waals surface area contributed by atoms with Gasteiger partial charge < -0.3 is 10.6 Å². The Morgan fingerprint density at radius 1 is 1.25 bits per heavy atom. The lowest BCUT2D eigenvalue weighted by molar-refractivity contribution is 0.811. The van der Waals surface area contributed by atoms with Crippen LogP contribution in [-0.4, -0.2) is 25.1 Å². The number of hydrogen-bond acceptors (Lipinski definition) is 6. The van der Waals surface area contributed by atoms with E-state index in [0.29, 0.717) is 35.1 Å². The number of nitrogens with one attached hydrogen (secondary N) is 3. The third-order valence-corrected chi connectivity index (χ3v) is 3.64. The summed E-state index contributed by atoms with van der Waals surface area (Å²) in [5.74, 6) is 1.99. The Morgan fingerprint density at radius 3 is 2.83 bits per heavy atom. The standard InChI is InChI=1S/C16H18ClN7/c1-10(2)13-7-14(24-23-13)21-15-12(17)9-20-16(22-15)19-8-11-5-3-4-6-18-11/h3-7,9-10H,8H2,1-2H3,(H3,19,20,21,22,23,24). The number of pyridine rings is 1. The molecule has 0 aliphatic heterocycles. The second-order valence-electron chi connectivity index (χ2n) is 5.55. The van der Waals surface area contributed by atoms with Crippen LogP contribution in [-0.2, 0) is 6.54 Å². The van der Waals surface area contributed by atoms with Gasteiger partial charge in [-0.2, -0.15) is 10.1 Å². The van der Waals surface area contributed by atoms with Crippen LogP contribution in [0.3, 0.4) is 0 Å². The summed E-state index contributed by atoms with van der Waals surface area (Å²) >= 11 is 6.17. The molecular formula is C16H18ClN7. The normalized spacial score (nSPS) is 10.8. The zero-order valence-corrected chi connectivity index (χ0v) is 14.2. The van der Waals surface area contributed by atoms with E-state index >= 15 is 0 Å². The molecule has 3 heterocycles. The van der Waals surface area contributed by atoms with Crippen LogP contribution in [0.25, 0.3) is 0 Å². The summed E-state index contributed by atoms with van der Waals surface area (Å²) in [7, 11) is 0. The minimum atomic E-state index is 0.365. The van der Waals surface area contributed by atoms with Crippen molar-refractivity contribution in [2.75, 3.05) is 10.6 Å². The van der Waals surface area contributed by atoms with Gasteiger partial charge >= 0.3 is 0 Å². The summed E-state index contributed by atoms with van der Waals surface area (Å²) in [5.41, 5.74) is 1.94. The molecule has 3 aromatic rings. The predicted octanol–water partition coefficient (Wildman–Crippen LogP) is 3.73. The molecule has 0 aliphatic rings. The molecule has 3 rings (SSSR count). The van der Waals surface area contributed by atoms with Crippen LogP contribution in [0.2, 0.25) is 5.02 Å². The van der Waals surface area contributed by atoms with Gasteiger partial charge in [0, 0.05) is 18.0 Å². The molecule has 0 amide bonds. The first-order valence-corrected chi connectivity index (χ1v) is 7.98. The number of aromatic amines is 1. The van der Waals surface area contributed by atoms with Crippen LogP contribution in [0.5, 0.6) is 0 Å². The van der Waals surface area contributed by atoms with Crippen molar-refractivity contribution >= 4 is 29.2 Å². The largest absolute Gasteiger partial charge is 0.349 e. The van der Waals surface area contributed by atoms with Gasteiger partial charge in [0.1, 0.15) is 5.02 Å². The zero-order chi connectivity index (χ0) is 16.9. The first-order valence-electron chi connectivity index (χ1n) is 7.60. The molecule has 24 heavy (non-hydrogen) atoms. The second-order valence-corrected chi connectivity index (χ2v) is 5.96. The highest BCUT2D eigenvalue weighted by atomic mass is 35.5. The topological polar surface area (TPSA) is 91.4 Å². The summed E-state index contributed by atoms with van der Waals surface area (Å²) in [6.07, 6.45) is 3.30. The number of H-pyrrole nitrogens is 1. The average molecular weight is 344 g/mol. The predicted molar refractivity (Wildman–Crippen MR) is 94.6 cm³/mol. The lowest BCUT2D eigenvalue weighted by Gasteiger charge is -2.08. The lowest BCUT2D eigenvalue weighted by Crippen LogP contribution is -2.06. The maximum Gasteiger partial charge on any atom is 0.225 e. The van der Waals surface area contributed by atoms with Crippen molar-refractivity contribution in [2.24, 2.45) is 0 Å². The van der Waals surface area contributed by atoms with E-state index in [4.69, 9.17) is 11.6 Å². The maximum atomic E-state index is 6.17. The van der Waals surface area contributed by atoms with Crippen LogP contribution >= 0.6 is 11.6 Å². The monoisotopic (exact) mass is 343 g/mol. The third kappa shape index (κ3) is 3.99. The van der Waals surface area contributed by atoms with Crippen molar-refractivity contribution in [1.29, 1.82) is 0 Å². The number of rotatable bonds is 6. The van der Waals surface area contributed by atoms with Gasteiger partial charge in [0.25, 0.3) is 0 Å². The first-order chi connectivity index (χ1) is 11.6. The Hall–Kier alpha value is -2.67. The van der Waals surface area contributed by atoms with Crippen LogP contribution in [0.1, 0.15) is 31.2 Å². The van der Waals surface area contributed by atoms with E-state index in [1.54, 1.807) is 12.4 Å². The Balaban J connectivity index is 1.71.